The van der Waals surface area contributed by atoms with E-state index in [0.29, 0.717) is 6.42 Å². The van der Waals surface area contributed by atoms with Crippen molar-refractivity contribution in [1.29, 1.82) is 0 Å². The summed E-state index contributed by atoms with van der Waals surface area (Å²) in [7, 11) is 0. The van der Waals surface area contributed by atoms with Gasteiger partial charge in [-0.2, -0.15) is 12.6 Å². The van der Waals surface area contributed by atoms with Crippen molar-refractivity contribution in [3.05, 3.63) is 0 Å². The van der Waals surface area contributed by atoms with E-state index in [1.807, 2.05) is 6.92 Å². The Balaban J connectivity index is 5.29. The molecule has 5 atom stereocenters. The van der Waals surface area contributed by atoms with Crippen LogP contribution in [0.2, 0.25) is 0 Å². The molecule has 0 aliphatic carbocycles. The summed E-state index contributed by atoms with van der Waals surface area (Å²) in [5.74, 6) is -4.44. The van der Waals surface area contributed by atoms with Crippen LogP contribution < -0.4 is 27.4 Å². The van der Waals surface area contributed by atoms with Gasteiger partial charge < -0.3 is 32.5 Å². The van der Waals surface area contributed by atoms with E-state index in [4.69, 9.17) is 11.5 Å². The molecule has 0 aromatic rings. The number of carboxylic acids is 1. The molecule has 0 saturated carbocycles. The van der Waals surface area contributed by atoms with Crippen LogP contribution in [0.3, 0.4) is 0 Å². The lowest BCUT2D eigenvalue weighted by Gasteiger charge is -2.28. The molecular formula is C19H35N5O6S. The van der Waals surface area contributed by atoms with Crippen molar-refractivity contribution >= 4 is 42.2 Å². The summed E-state index contributed by atoms with van der Waals surface area (Å²) >= 11 is 4.06. The minimum absolute atomic E-state index is 0.119. The Kier molecular flexibility index (Phi) is 12.8. The lowest BCUT2D eigenvalue weighted by molar-refractivity contribution is -0.142. The quantitative estimate of drug-likeness (QED) is 0.157. The molecule has 0 spiro atoms. The lowest BCUT2D eigenvalue weighted by Crippen LogP contribution is -2.59. The monoisotopic (exact) mass is 461 g/mol. The van der Waals surface area contributed by atoms with Crippen molar-refractivity contribution in [2.24, 2.45) is 23.3 Å². The smallest absolute Gasteiger partial charge is 0.326 e. The molecular weight excluding hydrogens is 426 g/mol. The number of nitrogens with one attached hydrogen (secondary N) is 3. The number of rotatable bonds is 14. The van der Waals surface area contributed by atoms with E-state index in [1.165, 1.54) is 0 Å². The molecule has 8 N–H and O–H groups in total. The number of thiol groups is 1. The van der Waals surface area contributed by atoms with Gasteiger partial charge in [0.2, 0.25) is 23.6 Å². The fourth-order valence-corrected chi connectivity index (χ4v) is 2.78. The predicted molar refractivity (Wildman–Crippen MR) is 118 cm³/mol. The van der Waals surface area contributed by atoms with Crippen molar-refractivity contribution in [2.75, 3.05) is 5.75 Å². The van der Waals surface area contributed by atoms with E-state index in [2.05, 4.69) is 28.6 Å². The number of amides is 4. The van der Waals surface area contributed by atoms with Gasteiger partial charge in [-0.3, -0.25) is 19.2 Å². The van der Waals surface area contributed by atoms with E-state index in [1.54, 1.807) is 20.8 Å². The molecule has 4 amide bonds. The van der Waals surface area contributed by atoms with E-state index in [9.17, 15) is 29.1 Å². The van der Waals surface area contributed by atoms with Gasteiger partial charge in [-0.1, -0.05) is 34.1 Å². The Morgan fingerprint density at radius 2 is 1.48 bits per heavy atom. The largest absolute Gasteiger partial charge is 0.480 e. The molecule has 0 aliphatic rings. The van der Waals surface area contributed by atoms with Crippen molar-refractivity contribution < 1.29 is 29.1 Å². The minimum Gasteiger partial charge on any atom is -0.480 e. The Morgan fingerprint density at radius 3 is 1.90 bits per heavy atom. The van der Waals surface area contributed by atoms with Crippen molar-refractivity contribution in [1.82, 2.24) is 16.0 Å². The molecule has 0 fully saturated rings. The fraction of sp³-hybridized carbons (Fsp3) is 0.737. The third kappa shape index (κ3) is 10.0. The molecule has 11 nitrogen and oxygen atoms in total. The summed E-state index contributed by atoms with van der Waals surface area (Å²) < 4.78 is 0. The number of carbonyl (C=O) groups excluding carboxylic acids is 4. The van der Waals surface area contributed by atoms with Crippen LogP contribution in [-0.4, -0.2) is 64.6 Å². The van der Waals surface area contributed by atoms with Gasteiger partial charge in [-0.05, 0) is 18.3 Å². The predicted octanol–water partition coefficient (Wildman–Crippen LogP) is -1.25. The second-order valence-electron chi connectivity index (χ2n) is 7.79. The molecule has 0 radical (unpaired) electrons. The first-order valence-corrected chi connectivity index (χ1v) is 10.8. The van der Waals surface area contributed by atoms with E-state index < -0.39 is 53.8 Å². The average molecular weight is 462 g/mol. The molecule has 178 valence electrons. The van der Waals surface area contributed by atoms with Crippen molar-refractivity contribution in [3.63, 3.8) is 0 Å². The molecule has 0 heterocycles. The molecule has 31 heavy (non-hydrogen) atoms. The van der Waals surface area contributed by atoms with Gasteiger partial charge in [0, 0.05) is 12.2 Å². The average Bonchev–Trinajstić information content (AvgIpc) is 2.70. The summed E-state index contributed by atoms with van der Waals surface area (Å²) in [5, 5.41) is 16.6. The zero-order chi connectivity index (χ0) is 24.3. The zero-order valence-corrected chi connectivity index (χ0v) is 19.3. The van der Waals surface area contributed by atoms with Crippen LogP contribution in [0.15, 0.2) is 0 Å². The second kappa shape index (κ2) is 13.9. The maximum absolute atomic E-state index is 12.8. The third-order valence-corrected chi connectivity index (χ3v) is 5.29. The Labute approximate surface area is 187 Å². The minimum atomic E-state index is -1.35. The topological polar surface area (TPSA) is 194 Å². The van der Waals surface area contributed by atoms with Crippen LogP contribution in [0.25, 0.3) is 0 Å². The molecule has 0 aromatic carbocycles. The first kappa shape index (κ1) is 28.7. The normalized spacial score (nSPS) is 15.8. The van der Waals surface area contributed by atoms with Gasteiger partial charge >= 0.3 is 5.97 Å². The molecule has 5 unspecified atom stereocenters. The van der Waals surface area contributed by atoms with Crippen LogP contribution in [-0.2, 0) is 24.0 Å². The highest BCUT2D eigenvalue weighted by molar-refractivity contribution is 7.80. The lowest BCUT2D eigenvalue weighted by atomic mass is 9.96. The van der Waals surface area contributed by atoms with Gasteiger partial charge in [-0.15, -0.1) is 0 Å². The summed E-state index contributed by atoms with van der Waals surface area (Å²) in [6.45, 7) is 7.17. The van der Waals surface area contributed by atoms with Crippen LogP contribution >= 0.6 is 12.6 Å². The standard InChI is InChI=1S/C19H35N5O6S/c1-5-10(4)15(24-17(27)14(21)9(2)3)18(28)23-12(8-31)16(26)22-11(19(29)30)6-7-13(20)25/h9-12,14-15,31H,5-8,21H2,1-4H3,(H2,20,25)(H,22,26)(H,23,28)(H,24,27)(H,29,30). The number of carboxylic acid groups (broad SMARTS) is 1. The van der Waals surface area contributed by atoms with Crippen LogP contribution in [0.5, 0.6) is 0 Å². The zero-order valence-electron chi connectivity index (χ0n) is 18.4. The molecule has 0 aliphatic heterocycles. The van der Waals surface area contributed by atoms with Crippen LogP contribution in [0, 0.1) is 11.8 Å². The third-order valence-electron chi connectivity index (χ3n) is 4.92. The number of aliphatic carboxylic acids is 1. The Morgan fingerprint density at radius 1 is 0.935 bits per heavy atom. The maximum atomic E-state index is 12.8. The fourth-order valence-electron chi connectivity index (χ4n) is 2.53. The Bertz CT molecular complexity index is 660. The van der Waals surface area contributed by atoms with Crippen LogP contribution in [0.1, 0.15) is 47.0 Å². The number of hydrogen-bond donors (Lipinski definition) is 7. The summed E-state index contributed by atoms with van der Waals surface area (Å²) in [4.78, 5) is 59.9. The summed E-state index contributed by atoms with van der Waals surface area (Å²) in [5.41, 5.74) is 10.9. The number of hydrogen-bond acceptors (Lipinski definition) is 7. The van der Waals surface area contributed by atoms with E-state index >= 15 is 0 Å². The second-order valence-corrected chi connectivity index (χ2v) is 8.15. The first-order chi connectivity index (χ1) is 14.3. The van der Waals surface area contributed by atoms with Crippen molar-refractivity contribution in [2.45, 2.75) is 71.1 Å². The highest BCUT2D eigenvalue weighted by Gasteiger charge is 2.32. The molecule has 12 heteroatoms. The molecule has 0 bridgehead atoms. The molecule has 0 saturated heterocycles. The number of nitrogens with two attached hydrogens (primary N) is 2. The van der Waals surface area contributed by atoms with Gasteiger partial charge in [0.05, 0.1) is 6.04 Å². The van der Waals surface area contributed by atoms with Crippen LogP contribution in [0.4, 0.5) is 0 Å². The van der Waals surface area contributed by atoms with Gasteiger partial charge in [0.15, 0.2) is 0 Å². The number of primary amides is 1. The van der Waals surface area contributed by atoms with Crippen molar-refractivity contribution in [3.8, 4) is 0 Å². The summed E-state index contributed by atoms with van der Waals surface area (Å²) in [6, 6.07) is -4.26. The van der Waals surface area contributed by atoms with E-state index in [0.717, 1.165) is 0 Å². The number of carbonyl (C=O) groups is 5. The molecule has 0 rings (SSSR count). The van der Waals surface area contributed by atoms with E-state index in [-0.39, 0.29) is 30.4 Å². The van der Waals surface area contributed by atoms with Gasteiger partial charge in [0.1, 0.15) is 18.1 Å². The molecule has 0 aromatic heterocycles. The van der Waals surface area contributed by atoms with Gasteiger partial charge in [0.25, 0.3) is 0 Å². The SMILES string of the molecule is CCC(C)C(NC(=O)C(N)C(C)C)C(=O)NC(CS)C(=O)NC(CCC(N)=O)C(=O)O. The Hall–Kier alpha value is -2.34. The highest BCUT2D eigenvalue weighted by atomic mass is 32.1. The summed E-state index contributed by atoms with van der Waals surface area (Å²) in [6.07, 6.45) is 0.150. The highest BCUT2D eigenvalue weighted by Crippen LogP contribution is 2.10. The van der Waals surface area contributed by atoms with Gasteiger partial charge in [-0.25, -0.2) is 4.79 Å². The first-order valence-electron chi connectivity index (χ1n) is 10.1. The maximum Gasteiger partial charge on any atom is 0.326 e.